The maximum atomic E-state index is 11.8. The van der Waals surface area contributed by atoms with Gasteiger partial charge < -0.3 is 20.7 Å². The van der Waals surface area contributed by atoms with Gasteiger partial charge in [-0.3, -0.25) is 14.7 Å². The van der Waals surface area contributed by atoms with Crippen LogP contribution in [0.5, 0.6) is 0 Å². The Kier molecular flexibility index (Phi) is 8.51. The average molecular weight is 416 g/mol. The van der Waals surface area contributed by atoms with Gasteiger partial charge in [-0.2, -0.15) is 0 Å². The molecule has 3 rings (SSSR count). The summed E-state index contributed by atoms with van der Waals surface area (Å²) in [6.45, 7) is 8.52. The van der Waals surface area contributed by atoms with E-state index in [9.17, 15) is 4.79 Å². The van der Waals surface area contributed by atoms with E-state index in [1.54, 1.807) is 7.05 Å². The first-order valence-electron chi connectivity index (χ1n) is 11.3. The number of hydrogen-bond donors (Lipinski definition) is 3. The first-order chi connectivity index (χ1) is 14.7. The lowest BCUT2D eigenvalue weighted by Crippen LogP contribution is -2.54. The molecule has 1 aromatic rings. The molecule has 0 saturated carbocycles. The van der Waals surface area contributed by atoms with Crippen molar-refractivity contribution in [1.82, 2.24) is 20.9 Å². The summed E-state index contributed by atoms with van der Waals surface area (Å²) in [7, 11) is 1.66. The summed E-state index contributed by atoms with van der Waals surface area (Å²) in [4.78, 5) is 19.5. The van der Waals surface area contributed by atoms with Gasteiger partial charge in [0.2, 0.25) is 0 Å². The molecule has 30 heavy (non-hydrogen) atoms. The fourth-order valence-corrected chi connectivity index (χ4v) is 4.42. The Balaban J connectivity index is 1.59. The van der Waals surface area contributed by atoms with Crippen molar-refractivity contribution in [1.29, 1.82) is 0 Å². The van der Waals surface area contributed by atoms with Crippen molar-refractivity contribution in [2.75, 3.05) is 53.0 Å². The molecule has 0 atom stereocenters. The van der Waals surface area contributed by atoms with E-state index in [4.69, 9.17) is 9.73 Å². The van der Waals surface area contributed by atoms with Crippen molar-refractivity contribution in [3.05, 3.63) is 35.4 Å². The molecule has 3 N–H and O–H groups in total. The van der Waals surface area contributed by atoms with Crippen molar-refractivity contribution in [3.63, 3.8) is 0 Å². The minimum Gasteiger partial charge on any atom is -0.381 e. The van der Waals surface area contributed by atoms with Crippen LogP contribution in [-0.2, 0) is 11.2 Å². The van der Waals surface area contributed by atoms with Crippen LogP contribution in [0.15, 0.2) is 29.3 Å². The number of guanidine groups is 1. The molecule has 1 aromatic carbocycles. The van der Waals surface area contributed by atoms with E-state index in [1.807, 2.05) is 18.2 Å². The van der Waals surface area contributed by atoms with Crippen LogP contribution < -0.4 is 16.0 Å². The second-order valence-corrected chi connectivity index (χ2v) is 8.18. The molecule has 0 radical (unpaired) electrons. The van der Waals surface area contributed by atoms with Crippen molar-refractivity contribution in [3.8, 4) is 0 Å². The molecule has 2 saturated heterocycles. The van der Waals surface area contributed by atoms with Crippen LogP contribution in [0.2, 0.25) is 0 Å². The maximum absolute atomic E-state index is 11.8. The molecule has 0 spiro atoms. The van der Waals surface area contributed by atoms with Gasteiger partial charge >= 0.3 is 0 Å². The number of nitrogens with zero attached hydrogens (tertiary/aromatic N) is 2. The zero-order valence-electron chi connectivity index (χ0n) is 18.5. The topological polar surface area (TPSA) is 78.0 Å². The molecule has 0 unspecified atom stereocenters. The van der Waals surface area contributed by atoms with E-state index in [0.717, 1.165) is 63.6 Å². The molecule has 7 nitrogen and oxygen atoms in total. The quantitative estimate of drug-likeness (QED) is 0.446. The Morgan fingerprint density at radius 2 is 1.97 bits per heavy atom. The zero-order chi connectivity index (χ0) is 21.2. The molecular weight excluding hydrogens is 378 g/mol. The van der Waals surface area contributed by atoms with Crippen LogP contribution in [0.4, 0.5) is 0 Å². The molecule has 0 aliphatic carbocycles. The minimum absolute atomic E-state index is 0.0524. The van der Waals surface area contributed by atoms with Crippen LogP contribution >= 0.6 is 0 Å². The summed E-state index contributed by atoms with van der Waals surface area (Å²) in [5, 5.41) is 9.53. The number of amides is 1. The Labute approximate surface area is 180 Å². The molecule has 0 bridgehead atoms. The van der Waals surface area contributed by atoms with E-state index < -0.39 is 0 Å². The van der Waals surface area contributed by atoms with Gasteiger partial charge in [0.15, 0.2) is 5.96 Å². The van der Waals surface area contributed by atoms with Gasteiger partial charge in [0.05, 0.1) is 6.54 Å². The molecular formula is C23H37N5O2. The van der Waals surface area contributed by atoms with Crippen molar-refractivity contribution < 1.29 is 9.53 Å². The molecule has 166 valence electrons. The normalized spacial score (nSPS) is 19.5. The molecule has 2 fully saturated rings. The number of carbonyl (C=O) groups is 1. The van der Waals surface area contributed by atoms with Gasteiger partial charge in [0.1, 0.15) is 0 Å². The fourth-order valence-electron chi connectivity index (χ4n) is 4.42. The third-order valence-electron chi connectivity index (χ3n) is 6.20. The second kappa shape index (κ2) is 11.3. The fraction of sp³-hybridized carbons (Fsp3) is 0.652. The first kappa shape index (κ1) is 22.6. The number of rotatable bonds is 8. The van der Waals surface area contributed by atoms with Crippen LogP contribution in [-0.4, -0.2) is 75.3 Å². The van der Waals surface area contributed by atoms with Crippen LogP contribution in [0.1, 0.15) is 48.5 Å². The molecule has 1 amide bonds. The number of carbonyl (C=O) groups excluding carboxylic acids is 1. The standard InChI is InChI=1S/C23H37N5O2/c1-3-25-22(26-12-9-19-7-6-8-20(17-19)21(29)24-2)27-18-23(10-15-30-16-11-23)28-13-4-5-14-28/h6-8,17H,3-5,9-16,18H2,1-2H3,(H,24,29)(H2,25,26,27). The molecule has 7 heteroatoms. The van der Waals surface area contributed by atoms with Crippen LogP contribution in [0.3, 0.4) is 0 Å². The van der Waals surface area contributed by atoms with Crippen molar-refractivity contribution >= 4 is 11.9 Å². The van der Waals surface area contributed by atoms with Gasteiger partial charge in [-0.15, -0.1) is 0 Å². The molecule has 2 aliphatic heterocycles. The van der Waals surface area contributed by atoms with Gasteiger partial charge in [-0.05, 0) is 69.8 Å². The Morgan fingerprint density at radius 3 is 2.67 bits per heavy atom. The predicted octanol–water partition coefficient (Wildman–Crippen LogP) is 1.79. The summed E-state index contributed by atoms with van der Waals surface area (Å²) >= 11 is 0. The largest absolute Gasteiger partial charge is 0.381 e. The Bertz CT molecular complexity index is 709. The van der Waals surface area contributed by atoms with Gasteiger partial charge in [0.25, 0.3) is 5.91 Å². The molecule has 2 aliphatic rings. The number of nitrogens with one attached hydrogen (secondary N) is 3. The van der Waals surface area contributed by atoms with E-state index in [-0.39, 0.29) is 11.4 Å². The minimum atomic E-state index is -0.0524. The third-order valence-corrected chi connectivity index (χ3v) is 6.20. The number of ether oxygens (including phenoxy) is 1. The lowest BCUT2D eigenvalue weighted by Gasteiger charge is -2.43. The molecule has 0 aromatic heterocycles. The number of likely N-dealkylation sites (tertiary alicyclic amines) is 1. The van der Waals surface area contributed by atoms with E-state index in [0.29, 0.717) is 5.56 Å². The predicted molar refractivity (Wildman–Crippen MR) is 121 cm³/mol. The highest BCUT2D eigenvalue weighted by Crippen LogP contribution is 2.31. The summed E-state index contributed by atoms with van der Waals surface area (Å²) in [6, 6.07) is 7.79. The second-order valence-electron chi connectivity index (χ2n) is 8.18. The lowest BCUT2D eigenvalue weighted by molar-refractivity contribution is -0.0139. The van der Waals surface area contributed by atoms with Gasteiger partial charge in [-0.1, -0.05) is 12.1 Å². The first-order valence-corrected chi connectivity index (χ1v) is 11.3. The highest BCUT2D eigenvalue weighted by Gasteiger charge is 2.39. The summed E-state index contributed by atoms with van der Waals surface area (Å²) < 4.78 is 5.65. The Morgan fingerprint density at radius 1 is 1.20 bits per heavy atom. The van der Waals surface area contributed by atoms with E-state index in [1.165, 1.54) is 25.9 Å². The summed E-state index contributed by atoms with van der Waals surface area (Å²) in [5.41, 5.74) is 1.97. The monoisotopic (exact) mass is 415 g/mol. The van der Waals surface area contributed by atoms with Crippen molar-refractivity contribution in [2.45, 2.75) is 44.6 Å². The number of benzene rings is 1. The molecule has 2 heterocycles. The number of hydrogen-bond acceptors (Lipinski definition) is 4. The van der Waals surface area contributed by atoms with Crippen LogP contribution in [0, 0.1) is 0 Å². The summed E-state index contributed by atoms with van der Waals surface area (Å²) in [5.74, 6) is 0.813. The Hall–Kier alpha value is -2.12. The zero-order valence-corrected chi connectivity index (χ0v) is 18.5. The smallest absolute Gasteiger partial charge is 0.251 e. The summed E-state index contributed by atoms with van der Waals surface area (Å²) in [6.07, 6.45) is 5.53. The highest BCUT2D eigenvalue weighted by molar-refractivity contribution is 5.94. The van der Waals surface area contributed by atoms with E-state index in [2.05, 4.69) is 33.8 Å². The van der Waals surface area contributed by atoms with Crippen LogP contribution in [0.25, 0.3) is 0 Å². The lowest BCUT2D eigenvalue weighted by atomic mass is 9.88. The van der Waals surface area contributed by atoms with E-state index >= 15 is 0 Å². The van der Waals surface area contributed by atoms with Crippen molar-refractivity contribution in [2.24, 2.45) is 4.99 Å². The van der Waals surface area contributed by atoms with Gasteiger partial charge in [0, 0.05) is 44.5 Å². The highest BCUT2D eigenvalue weighted by atomic mass is 16.5. The third kappa shape index (κ3) is 5.95. The number of aliphatic imine (C=N–C) groups is 1. The average Bonchev–Trinajstić information content (AvgIpc) is 3.33. The SMILES string of the molecule is CCNC(=NCC1(N2CCCC2)CCOCC1)NCCc1cccc(C(=O)NC)c1. The van der Waals surface area contributed by atoms with Gasteiger partial charge in [-0.25, -0.2) is 0 Å². The maximum Gasteiger partial charge on any atom is 0.251 e.